The van der Waals surface area contributed by atoms with Crippen molar-refractivity contribution in [3.63, 3.8) is 0 Å². The van der Waals surface area contributed by atoms with Crippen molar-refractivity contribution < 1.29 is 22.7 Å². The molecule has 0 unspecified atom stereocenters. The molecule has 0 aliphatic rings. The maximum Gasteiger partial charge on any atom is 0.262 e. The number of sulfonamides is 1. The molecule has 3 aromatic rings. The maximum atomic E-state index is 12.8. The van der Waals surface area contributed by atoms with Gasteiger partial charge in [-0.3, -0.25) is 9.59 Å². The van der Waals surface area contributed by atoms with Crippen molar-refractivity contribution in [3.05, 3.63) is 84.4 Å². The molecule has 0 radical (unpaired) electrons. The largest absolute Gasteiger partial charge is 0.484 e. The predicted molar refractivity (Wildman–Crippen MR) is 126 cm³/mol. The third kappa shape index (κ3) is 6.90. The number of hydrogen-bond acceptors (Lipinski definition) is 5. The van der Waals surface area contributed by atoms with E-state index in [4.69, 9.17) is 4.74 Å². The first kappa shape index (κ1) is 24.0. The second-order valence-electron chi connectivity index (χ2n) is 7.31. The summed E-state index contributed by atoms with van der Waals surface area (Å²) in [6.45, 7) is 1.43. The van der Waals surface area contributed by atoms with E-state index in [1.54, 1.807) is 24.3 Å². The van der Waals surface area contributed by atoms with Crippen LogP contribution in [0.1, 0.15) is 12.5 Å². The average Bonchev–Trinajstić information content (AvgIpc) is 2.79. The molecule has 0 aliphatic carbocycles. The quantitative estimate of drug-likeness (QED) is 0.501. The Morgan fingerprint density at radius 3 is 2.00 bits per heavy atom. The number of nitrogens with one attached hydrogen (secondary N) is 2. The highest BCUT2D eigenvalue weighted by Crippen LogP contribution is 2.20. The Hall–Kier alpha value is -3.69. The molecule has 0 aromatic heterocycles. The van der Waals surface area contributed by atoms with Crippen LogP contribution >= 0.6 is 0 Å². The van der Waals surface area contributed by atoms with E-state index in [1.165, 1.54) is 42.5 Å². The molecule has 0 saturated carbocycles. The maximum absolute atomic E-state index is 12.8. The first-order chi connectivity index (χ1) is 15.7. The van der Waals surface area contributed by atoms with Gasteiger partial charge in [-0.05, 0) is 54.1 Å². The van der Waals surface area contributed by atoms with Gasteiger partial charge in [0.05, 0.1) is 4.90 Å². The van der Waals surface area contributed by atoms with Crippen molar-refractivity contribution >= 4 is 33.2 Å². The van der Waals surface area contributed by atoms with Crippen LogP contribution < -0.4 is 15.4 Å². The number of carbonyl (C=O) groups is 2. The van der Waals surface area contributed by atoms with Gasteiger partial charge in [-0.25, -0.2) is 8.42 Å². The lowest BCUT2D eigenvalue weighted by Crippen LogP contribution is -2.26. The zero-order chi connectivity index (χ0) is 23.8. The van der Waals surface area contributed by atoms with Gasteiger partial charge < -0.3 is 15.4 Å². The first-order valence-electron chi connectivity index (χ1n) is 10.1. The third-order valence-corrected chi connectivity index (χ3v) is 6.46. The highest BCUT2D eigenvalue weighted by molar-refractivity contribution is 7.89. The van der Waals surface area contributed by atoms with Crippen LogP contribution in [-0.4, -0.2) is 38.2 Å². The fraction of sp³-hybridized carbons (Fsp3) is 0.167. The predicted octanol–water partition coefficient (Wildman–Crippen LogP) is 3.48. The van der Waals surface area contributed by atoms with Crippen molar-refractivity contribution in [1.82, 2.24) is 4.31 Å². The molecule has 9 heteroatoms. The van der Waals surface area contributed by atoms with E-state index in [0.717, 1.165) is 5.56 Å². The smallest absolute Gasteiger partial charge is 0.262 e. The highest BCUT2D eigenvalue weighted by atomic mass is 32.2. The molecular formula is C24H25N3O5S. The van der Waals surface area contributed by atoms with Gasteiger partial charge in [-0.1, -0.05) is 30.3 Å². The molecule has 2 N–H and O–H groups in total. The van der Waals surface area contributed by atoms with E-state index in [9.17, 15) is 18.0 Å². The molecule has 0 spiro atoms. The second kappa shape index (κ2) is 10.8. The van der Waals surface area contributed by atoms with E-state index in [0.29, 0.717) is 17.1 Å². The molecule has 172 valence electrons. The molecule has 0 fully saturated rings. The molecule has 0 bridgehead atoms. The van der Waals surface area contributed by atoms with Gasteiger partial charge in [-0.2, -0.15) is 4.31 Å². The van der Waals surface area contributed by atoms with Crippen molar-refractivity contribution in [2.75, 3.05) is 24.3 Å². The summed E-state index contributed by atoms with van der Waals surface area (Å²) in [5.41, 5.74) is 2.07. The van der Waals surface area contributed by atoms with Crippen LogP contribution in [0.2, 0.25) is 0 Å². The van der Waals surface area contributed by atoms with E-state index in [-0.39, 0.29) is 29.9 Å². The Morgan fingerprint density at radius 2 is 1.42 bits per heavy atom. The van der Waals surface area contributed by atoms with E-state index in [1.807, 2.05) is 30.3 Å². The lowest BCUT2D eigenvalue weighted by Gasteiger charge is -2.17. The number of carbonyl (C=O) groups excluding carboxylic acids is 2. The Kier molecular flexibility index (Phi) is 7.81. The number of ether oxygens (including phenoxy) is 1. The van der Waals surface area contributed by atoms with Crippen LogP contribution in [0, 0.1) is 0 Å². The summed E-state index contributed by atoms with van der Waals surface area (Å²) in [5, 5.41) is 5.33. The monoisotopic (exact) mass is 467 g/mol. The molecule has 0 aliphatic heterocycles. The first-order valence-corrected chi connectivity index (χ1v) is 11.6. The number of benzene rings is 3. The number of anilines is 2. The lowest BCUT2D eigenvalue weighted by molar-refractivity contribution is -0.118. The minimum absolute atomic E-state index is 0.136. The van der Waals surface area contributed by atoms with Crippen LogP contribution in [-0.2, 0) is 26.2 Å². The third-order valence-electron chi connectivity index (χ3n) is 4.64. The minimum atomic E-state index is -3.66. The van der Waals surface area contributed by atoms with Crippen LogP contribution in [0.4, 0.5) is 11.4 Å². The Labute approximate surface area is 193 Å². The highest BCUT2D eigenvalue weighted by Gasteiger charge is 2.21. The van der Waals surface area contributed by atoms with Gasteiger partial charge in [0, 0.05) is 31.9 Å². The molecule has 3 rings (SSSR count). The number of nitrogens with zero attached hydrogens (tertiary/aromatic N) is 1. The summed E-state index contributed by atoms with van der Waals surface area (Å²) in [6.07, 6.45) is 0. The van der Waals surface area contributed by atoms with E-state index in [2.05, 4.69) is 10.6 Å². The minimum Gasteiger partial charge on any atom is -0.484 e. The van der Waals surface area contributed by atoms with Gasteiger partial charge in [-0.15, -0.1) is 0 Å². The molecule has 8 nitrogen and oxygen atoms in total. The van der Waals surface area contributed by atoms with Gasteiger partial charge in [0.15, 0.2) is 6.61 Å². The van der Waals surface area contributed by atoms with Crippen molar-refractivity contribution in [3.8, 4) is 5.75 Å². The summed E-state index contributed by atoms with van der Waals surface area (Å²) in [5.74, 6) is -0.181. The SMILES string of the molecule is CC(=O)Nc1ccc(NC(=O)COc2ccc(S(=O)(=O)N(C)Cc3ccccc3)cc2)cc1. The second-order valence-corrected chi connectivity index (χ2v) is 9.36. The molecule has 0 heterocycles. The summed E-state index contributed by atoms with van der Waals surface area (Å²) >= 11 is 0. The van der Waals surface area contributed by atoms with Gasteiger partial charge >= 0.3 is 0 Å². The summed E-state index contributed by atoms with van der Waals surface area (Å²) in [7, 11) is -2.14. The number of amides is 2. The summed E-state index contributed by atoms with van der Waals surface area (Å²) in [4.78, 5) is 23.3. The van der Waals surface area contributed by atoms with Crippen LogP contribution in [0.3, 0.4) is 0 Å². The molecule has 33 heavy (non-hydrogen) atoms. The lowest BCUT2D eigenvalue weighted by atomic mass is 10.2. The zero-order valence-corrected chi connectivity index (χ0v) is 19.1. The molecular weight excluding hydrogens is 442 g/mol. The molecule has 0 saturated heterocycles. The topological polar surface area (TPSA) is 105 Å². The standard InChI is InChI=1S/C24H25N3O5S/c1-18(28)25-20-8-10-21(11-9-20)26-24(29)17-32-22-12-14-23(15-13-22)33(30,31)27(2)16-19-6-4-3-5-7-19/h3-15H,16-17H2,1-2H3,(H,25,28)(H,26,29). The van der Waals surface area contributed by atoms with E-state index >= 15 is 0 Å². The fourth-order valence-corrected chi connectivity index (χ4v) is 4.16. The Morgan fingerprint density at radius 1 is 0.848 bits per heavy atom. The average molecular weight is 468 g/mol. The van der Waals surface area contributed by atoms with Crippen molar-refractivity contribution in [2.45, 2.75) is 18.4 Å². The van der Waals surface area contributed by atoms with E-state index < -0.39 is 10.0 Å². The van der Waals surface area contributed by atoms with Crippen molar-refractivity contribution in [2.24, 2.45) is 0 Å². The fourth-order valence-electron chi connectivity index (χ4n) is 3.00. The van der Waals surface area contributed by atoms with Crippen LogP contribution in [0.5, 0.6) is 5.75 Å². The number of rotatable bonds is 9. The van der Waals surface area contributed by atoms with Gasteiger partial charge in [0.1, 0.15) is 5.75 Å². The van der Waals surface area contributed by atoms with Crippen LogP contribution in [0.15, 0.2) is 83.8 Å². The summed E-state index contributed by atoms with van der Waals surface area (Å²) in [6, 6.07) is 21.9. The number of hydrogen-bond donors (Lipinski definition) is 2. The Balaban J connectivity index is 1.53. The molecule has 0 atom stereocenters. The summed E-state index contributed by atoms with van der Waals surface area (Å²) < 4.78 is 32.3. The normalized spacial score (nSPS) is 11.1. The molecule has 2 amide bonds. The van der Waals surface area contributed by atoms with Gasteiger partial charge in [0.25, 0.3) is 5.91 Å². The zero-order valence-electron chi connectivity index (χ0n) is 18.3. The van der Waals surface area contributed by atoms with Crippen molar-refractivity contribution in [1.29, 1.82) is 0 Å². The van der Waals surface area contributed by atoms with Crippen LogP contribution in [0.25, 0.3) is 0 Å². The molecule has 3 aromatic carbocycles. The van der Waals surface area contributed by atoms with Gasteiger partial charge in [0.2, 0.25) is 15.9 Å². The Bertz CT molecular complexity index is 1200.